The van der Waals surface area contributed by atoms with Crippen molar-refractivity contribution in [3.63, 3.8) is 0 Å². The number of hydrogen-bond acceptors (Lipinski definition) is 6. The Hall–Kier alpha value is -2.63. The number of carbonyl (C=O) groups is 2. The lowest BCUT2D eigenvalue weighted by Crippen LogP contribution is -2.50. The Morgan fingerprint density at radius 3 is 2.29 bits per heavy atom. The van der Waals surface area contributed by atoms with Gasteiger partial charge in [-0.25, -0.2) is 9.59 Å². The second kappa shape index (κ2) is 7.77. The molecule has 0 amide bonds. The molecule has 0 bridgehead atoms. The van der Waals surface area contributed by atoms with Gasteiger partial charge in [-0.15, -0.1) is 0 Å². The molecule has 0 spiro atoms. The van der Waals surface area contributed by atoms with Crippen LogP contribution >= 0.6 is 0 Å². The third kappa shape index (κ3) is 3.48. The summed E-state index contributed by atoms with van der Waals surface area (Å²) in [6, 6.07) is 8.42. The van der Waals surface area contributed by atoms with Gasteiger partial charge in [0.05, 0.1) is 18.9 Å². The van der Waals surface area contributed by atoms with Crippen LogP contribution in [0, 0.1) is 0 Å². The van der Waals surface area contributed by atoms with Crippen LogP contribution in [0.3, 0.4) is 0 Å². The van der Waals surface area contributed by atoms with Crippen LogP contribution in [0.2, 0.25) is 0 Å². The molecule has 0 saturated carbocycles. The van der Waals surface area contributed by atoms with E-state index in [-0.39, 0.29) is 18.9 Å². The van der Waals surface area contributed by atoms with Crippen molar-refractivity contribution >= 4 is 23.3 Å². The van der Waals surface area contributed by atoms with Crippen molar-refractivity contribution in [2.45, 2.75) is 33.7 Å². The third-order valence-corrected chi connectivity index (χ3v) is 3.59. The molecule has 6 nitrogen and oxygen atoms in total. The van der Waals surface area contributed by atoms with Gasteiger partial charge in [0.15, 0.2) is 11.7 Å². The Bertz CT molecular complexity index is 680. The maximum absolute atomic E-state index is 12.5. The van der Waals surface area contributed by atoms with Gasteiger partial charge in [0.25, 0.3) is 0 Å². The minimum absolute atomic E-state index is 0.241. The van der Waals surface area contributed by atoms with Crippen LogP contribution in [0.25, 0.3) is 0 Å². The quantitative estimate of drug-likeness (QED) is 0.777. The molecule has 1 aromatic rings. The highest BCUT2D eigenvalue weighted by Crippen LogP contribution is 2.30. The van der Waals surface area contributed by atoms with Crippen LogP contribution in [0.5, 0.6) is 0 Å². The molecule has 0 saturated heterocycles. The molecule has 1 aliphatic rings. The first-order valence-electron chi connectivity index (χ1n) is 7.95. The monoisotopic (exact) mass is 330 g/mol. The molecular formula is C18H22N2O4. The van der Waals surface area contributed by atoms with Crippen molar-refractivity contribution in [3.05, 3.63) is 41.7 Å². The summed E-state index contributed by atoms with van der Waals surface area (Å²) < 4.78 is 10.4. The normalized spacial score (nSPS) is 17.4. The number of ether oxygens (including phenoxy) is 2. The lowest BCUT2D eigenvalue weighted by molar-refractivity contribution is -0.143. The Balaban J connectivity index is 2.58. The van der Waals surface area contributed by atoms with Crippen molar-refractivity contribution in [3.8, 4) is 0 Å². The van der Waals surface area contributed by atoms with Crippen LogP contribution in [0.1, 0.15) is 27.7 Å². The lowest BCUT2D eigenvalue weighted by Gasteiger charge is -2.36. The number of nitrogens with zero attached hydrogens (tertiary/aromatic N) is 2. The number of para-hydroxylation sites is 1. The maximum Gasteiger partial charge on any atom is 0.356 e. The second-order valence-electron chi connectivity index (χ2n) is 5.27. The summed E-state index contributed by atoms with van der Waals surface area (Å²) in [5, 5.41) is 0. The average Bonchev–Trinajstić information content (AvgIpc) is 2.55. The highest BCUT2D eigenvalue weighted by Gasteiger charge is 2.39. The topological polar surface area (TPSA) is 68.2 Å². The molecule has 0 radical (unpaired) electrons. The fraction of sp³-hybridized carbons (Fsp3) is 0.389. The van der Waals surface area contributed by atoms with Crippen molar-refractivity contribution in [2.24, 2.45) is 4.99 Å². The van der Waals surface area contributed by atoms with E-state index in [0.717, 1.165) is 0 Å². The molecule has 24 heavy (non-hydrogen) atoms. The summed E-state index contributed by atoms with van der Waals surface area (Å²) in [4.78, 5) is 31.0. The predicted octanol–water partition coefficient (Wildman–Crippen LogP) is 2.69. The Morgan fingerprint density at radius 1 is 1.08 bits per heavy atom. The van der Waals surface area contributed by atoms with Crippen molar-refractivity contribution in [1.82, 2.24) is 0 Å². The Morgan fingerprint density at radius 2 is 1.71 bits per heavy atom. The summed E-state index contributed by atoms with van der Waals surface area (Å²) in [5.41, 5.74) is 2.04. The molecule has 0 aromatic heterocycles. The van der Waals surface area contributed by atoms with Crippen LogP contribution < -0.4 is 4.90 Å². The minimum Gasteiger partial charge on any atom is -0.464 e. The van der Waals surface area contributed by atoms with Crippen LogP contribution in [-0.4, -0.2) is 36.9 Å². The first-order valence-corrected chi connectivity index (χ1v) is 7.95. The molecule has 128 valence electrons. The zero-order valence-electron chi connectivity index (χ0n) is 14.4. The fourth-order valence-electron chi connectivity index (χ4n) is 2.68. The average molecular weight is 330 g/mol. The summed E-state index contributed by atoms with van der Waals surface area (Å²) >= 11 is 0. The first-order chi connectivity index (χ1) is 11.5. The van der Waals surface area contributed by atoms with Gasteiger partial charge in [-0.2, -0.15) is 0 Å². The molecule has 1 unspecified atom stereocenters. The highest BCUT2D eigenvalue weighted by atomic mass is 16.5. The van der Waals surface area contributed by atoms with E-state index in [1.165, 1.54) is 0 Å². The standard InChI is InChI=1S/C18H22N2O4/c1-5-23-17(21)15-12(3)19-13(4)16(18(22)24-6-2)20(15)14-10-8-7-9-11-14/h7-11,15H,5-6H2,1-4H3. The number of hydrogen-bond donors (Lipinski definition) is 0. The Labute approximate surface area is 141 Å². The van der Waals surface area contributed by atoms with Gasteiger partial charge in [0.2, 0.25) is 0 Å². The molecule has 1 atom stereocenters. The highest BCUT2D eigenvalue weighted by molar-refractivity contribution is 6.12. The number of carbonyl (C=O) groups excluding carboxylic acids is 2. The second-order valence-corrected chi connectivity index (χ2v) is 5.27. The van der Waals surface area contributed by atoms with E-state index in [1.54, 1.807) is 32.6 Å². The molecule has 1 aromatic carbocycles. The number of aliphatic imine (C=N–C) groups is 1. The van der Waals surface area contributed by atoms with Crippen molar-refractivity contribution in [2.75, 3.05) is 18.1 Å². The van der Waals surface area contributed by atoms with Crippen LogP contribution in [0.4, 0.5) is 5.69 Å². The Kier molecular flexibility index (Phi) is 5.73. The summed E-state index contributed by atoms with van der Waals surface area (Å²) in [5.74, 6) is -0.957. The zero-order chi connectivity index (χ0) is 17.7. The molecule has 1 heterocycles. The fourth-order valence-corrected chi connectivity index (χ4v) is 2.68. The van der Waals surface area contributed by atoms with Crippen molar-refractivity contribution < 1.29 is 19.1 Å². The molecule has 0 aliphatic carbocycles. The van der Waals surface area contributed by atoms with E-state index in [4.69, 9.17) is 9.47 Å². The lowest BCUT2D eigenvalue weighted by atomic mass is 10.0. The molecular weight excluding hydrogens is 308 g/mol. The van der Waals surface area contributed by atoms with Crippen LogP contribution in [0.15, 0.2) is 46.7 Å². The SMILES string of the molecule is CCOC(=O)C1=C(C)N=C(C)C(C(=O)OCC)N1c1ccccc1. The zero-order valence-corrected chi connectivity index (χ0v) is 14.4. The summed E-state index contributed by atoms with van der Waals surface area (Å²) in [6.07, 6.45) is 0. The van der Waals surface area contributed by atoms with Gasteiger partial charge in [-0.3, -0.25) is 4.99 Å². The van der Waals surface area contributed by atoms with Crippen LogP contribution in [-0.2, 0) is 19.1 Å². The number of esters is 2. The molecule has 2 rings (SSSR count). The first kappa shape index (κ1) is 17.7. The third-order valence-electron chi connectivity index (χ3n) is 3.59. The largest absolute Gasteiger partial charge is 0.464 e. The van der Waals surface area contributed by atoms with Gasteiger partial charge < -0.3 is 14.4 Å². The van der Waals surface area contributed by atoms with Gasteiger partial charge in [0, 0.05) is 11.4 Å². The van der Waals surface area contributed by atoms with E-state index in [9.17, 15) is 9.59 Å². The van der Waals surface area contributed by atoms with E-state index in [0.29, 0.717) is 17.1 Å². The number of anilines is 1. The molecule has 1 aliphatic heterocycles. The maximum atomic E-state index is 12.5. The smallest absolute Gasteiger partial charge is 0.356 e. The van der Waals surface area contributed by atoms with Gasteiger partial charge in [-0.1, -0.05) is 18.2 Å². The number of benzene rings is 1. The number of allylic oxidation sites excluding steroid dienone is 1. The minimum atomic E-state index is -0.796. The van der Waals surface area contributed by atoms with Gasteiger partial charge in [-0.05, 0) is 39.8 Å². The van der Waals surface area contributed by atoms with Crippen molar-refractivity contribution in [1.29, 1.82) is 0 Å². The van der Waals surface area contributed by atoms with Gasteiger partial charge >= 0.3 is 11.9 Å². The summed E-state index contributed by atoms with van der Waals surface area (Å²) in [6.45, 7) is 7.46. The molecule has 6 heteroatoms. The van der Waals surface area contributed by atoms with E-state index in [1.807, 2.05) is 30.3 Å². The van der Waals surface area contributed by atoms with E-state index in [2.05, 4.69) is 4.99 Å². The van der Waals surface area contributed by atoms with E-state index < -0.39 is 18.0 Å². The molecule has 0 fully saturated rings. The van der Waals surface area contributed by atoms with E-state index >= 15 is 0 Å². The summed E-state index contributed by atoms with van der Waals surface area (Å²) in [7, 11) is 0. The number of rotatable bonds is 5. The van der Waals surface area contributed by atoms with Gasteiger partial charge in [0.1, 0.15) is 0 Å². The predicted molar refractivity (Wildman–Crippen MR) is 91.8 cm³/mol. The molecule has 0 N–H and O–H groups in total.